The highest BCUT2D eigenvalue weighted by molar-refractivity contribution is 5.19. The highest BCUT2D eigenvalue weighted by atomic mass is 16.5. The summed E-state index contributed by atoms with van der Waals surface area (Å²) in [5.41, 5.74) is 3.83. The zero-order chi connectivity index (χ0) is 12.2. The maximum atomic E-state index is 5.57. The van der Waals surface area contributed by atoms with Gasteiger partial charge in [0.05, 0.1) is 11.9 Å². The second-order valence-electron chi connectivity index (χ2n) is 4.65. The molecule has 0 fully saturated rings. The smallest absolute Gasteiger partial charge is 0.105 e. The lowest BCUT2D eigenvalue weighted by molar-refractivity contribution is 0.0116. The van der Waals surface area contributed by atoms with Crippen molar-refractivity contribution in [1.82, 2.24) is 5.43 Å². The molecule has 0 saturated carbocycles. The highest BCUT2D eigenvalue weighted by Gasteiger charge is 2.21. The van der Waals surface area contributed by atoms with Crippen LogP contribution in [0.5, 0.6) is 0 Å². The molecule has 16 heavy (non-hydrogen) atoms. The third-order valence-electron chi connectivity index (χ3n) is 3.06. The molecule has 3 N–H and O–H groups in total. The van der Waals surface area contributed by atoms with Crippen LogP contribution in [-0.2, 0) is 4.74 Å². The van der Waals surface area contributed by atoms with Crippen molar-refractivity contribution in [3.05, 3.63) is 23.7 Å². The number of furan rings is 1. The van der Waals surface area contributed by atoms with Gasteiger partial charge in [-0.2, -0.15) is 0 Å². The number of aryl methyl sites for hydroxylation is 1. The van der Waals surface area contributed by atoms with E-state index in [-0.39, 0.29) is 11.6 Å². The fourth-order valence-electron chi connectivity index (χ4n) is 1.68. The topological polar surface area (TPSA) is 60.4 Å². The van der Waals surface area contributed by atoms with Crippen LogP contribution in [0.15, 0.2) is 16.7 Å². The van der Waals surface area contributed by atoms with E-state index in [1.807, 2.05) is 13.0 Å². The van der Waals surface area contributed by atoms with Gasteiger partial charge in [-0.3, -0.25) is 11.3 Å². The van der Waals surface area contributed by atoms with Crippen LogP contribution in [-0.4, -0.2) is 12.7 Å². The summed E-state index contributed by atoms with van der Waals surface area (Å²) in [7, 11) is 1.73. The van der Waals surface area contributed by atoms with E-state index in [2.05, 4.69) is 19.3 Å². The van der Waals surface area contributed by atoms with E-state index in [0.29, 0.717) is 0 Å². The number of hydrogen-bond acceptors (Lipinski definition) is 4. The second-order valence-corrected chi connectivity index (χ2v) is 4.65. The van der Waals surface area contributed by atoms with E-state index >= 15 is 0 Å². The Bertz CT molecular complexity index is 321. The molecule has 0 aliphatic heterocycles. The van der Waals surface area contributed by atoms with Gasteiger partial charge in [-0.25, -0.2) is 0 Å². The van der Waals surface area contributed by atoms with Crippen LogP contribution in [0.4, 0.5) is 0 Å². The minimum Gasteiger partial charge on any atom is -0.469 e. The van der Waals surface area contributed by atoms with E-state index in [1.54, 1.807) is 13.4 Å². The van der Waals surface area contributed by atoms with Crippen molar-refractivity contribution in [2.75, 3.05) is 7.11 Å². The average Bonchev–Trinajstić information content (AvgIpc) is 2.66. The quantitative estimate of drug-likeness (QED) is 0.577. The molecule has 4 heteroatoms. The lowest BCUT2D eigenvalue weighted by atomic mass is 9.95. The Morgan fingerprint density at radius 1 is 1.56 bits per heavy atom. The number of hydrazine groups is 1. The van der Waals surface area contributed by atoms with Crippen LogP contribution in [0.25, 0.3) is 0 Å². The van der Waals surface area contributed by atoms with Crippen LogP contribution in [0.2, 0.25) is 0 Å². The number of nitrogens with two attached hydrogens (primary N) is 1. The van der Waals surface area contributed by atoms with Gasteiger partial charge in [0.2, 0.25) is 0 Å². The number of methoxy groups -OCH3 is 1. The molecule has 1 heterocycles. The van der Waals surface area contributed by atoms with E-state index in [0.717, 1.165) is 24.2 Å². The molecule has 4 nitrogen and oxygen atoms in total. The molecule has 0 radical (unpaired) electrons. The van der Waals surface area contributed by atoms with E-state index in [9.17, 15) is 0 Å². The molecule has 0 spiro atoms. The minimum absolute atomic E-state index is 0.118. The molecular weight excluding hydrogens is 204 g/mol. The predicted molar refractivity (Wildman–Crippen MR) is 63.8 cm³/mol. The maximum Gasteiger partial charge on any atom is 0.105 e. The lowest BCUT2D eigenvalue weighted by Gasteiger charge is -2.25. The van der Waals surface area contributed by atoms with Crippen LogP contribution in [0, 0.1) is 6.92 Å². The van der Waals surface area contributed by atoms with E-state index in [1.165, 1.54) is 0 Å². The number of hydrogen-bond donors (Lipinski definition) is 2. The van der Waals surface area contributed by atoms with Crippen molar-refractivity contribution in [2.24, 2.45) is 5.84 Å². The molecule has 0 saturated heterocycles. The maximum absolute atomic E-state index is 5.57. The summed E-state index contributed by atoms with van der Waals surface area (Å²) in [6.07, 6.45) is 3.54. The van der Waals surface area contributed by atoms with Crippen molar-refractivity contribution in [3.8, 4) is 0 Å². The second kappa shape index (κ2) is 5.48. The van der Waals surface area contributed by atoms with Crippen molar-refractivity contribution < 1.29 is 9.15 Å². The van der Waals surface area contributed by atoms with Gasteiger partial charge in [0.1, 0.15) is 5.76 Å². The molecule has 1 unspecified atom stereocenters. The molecule has 92 valence electrons. The Hall–Kier alpha value is -0.840. The van der Waals surface area contributed by atoms with Crippen molar-refractivity contribution >= 4 is 0 Å². The molecule has 0 aromatic carbocycles. The van der Waals surface area contributed by atoms with Crippen LogP contribution < -0.4 is 11.3 Å². The first-order valence-corrected chi connectivity index (χ1v) is 5.55. The molecule has 1 aromatic heterocycles. The van der Waals surface area contributed by atoms with Crippen LogP contribution in [0.1, 0.15) is 44.1 Å². The van der Waals surface area contributed by atoms with Crippen molar-refractivity contribution in [3.63, 3.8) is 0 Å². The molecule has 0 aliphatic carbocycles. The third-order valence-corrected chi connectivity index (χ3v) is 3.06. The van der Waals surface area contributed by atoms with Crippen LogP contribution >= 0.6 is 0 Å². The summed E-state index contributed by atoms with van der Waals surface area (Å²) in [5.74, 6) is 6.49. The third kappa shape index (κ3) is 3.33. The van der Waals surface area contributed by atoms with Crippen molar-refractivity contribution in [1.29, 1.82) is 0 Å². The van der Waals surface area contributed by atoms with Gasteiger partial charge in [-0.15, -0.1) is 0 Å². The highest BCUT2D eigenvalue weighted by Crippen LogP contribution is 2.26. The summed E-state index contributed by atoms with van der Waals surface area (Å²) < 4.78 is 10.7. The van der Waals surface area contributed by atoms with Gasteiger partial charge < -0.3 is 9.15 Å². The van der Waals surface area contributed by atoms with Gasteiger partial charge in [0.25, 0.3) is 0 Å². The largest absolute Gasteiger partial charge is 0.469 e. The Balaban J connectivity index is 2.60. The number of ether oxygens (including phenoxy) is 1. The summed E-state index contributed by atoms with van der Waals surface area (Å²) in [6, 6.07) is 2.08. The molecule has 1 rings (SSSR count). The van der Waals surface area contributed by atoms with Gasteiger partial charge >= 0.3 is 0 Å². The minimum atomic E-state index is -0.118. The zero-order valence-corrected chi connectivity index (χ0v) is 10.5. The molecule has 1 aromatic rings. The van der Waals surface area contributed by atoms with E-state index < -0.39 is 0 Å². The molecule has 1 atom stereocenters. The molecule has 0 aliphatic rings. The Morgan fingerprint density at radius 3 is 2.69 bits per heavy atom. The SMILES string of the molecule is COC(C)(C)CCC(NN)c1ccoc1C. The normalized spacial score (nSPS) is 14.1. The monoisotopic (exact) mass is 226 g/mol. The Kier molecular flexibility index (Phi) is 4.53. The van der Waals surface area contributed by atoms with Gasteiger partial charge in [0, 0.05) is 18.7 Å². The first kappa shape index (κ1) is 13.2. The Morgan fingerprint density at radius 2 is 2.25 bits per heavy atom. The predicted octanol–water partition coefficient (Wildman–Crippen LogP) is 2.30. The van der Waals surface area contributed by atoms with Crippen LogP contribution in [0.3, 0.4) is 0 Å². The van der Waals surface area contributed by atoms with Crippen molar-refractivity contribution in [2.45, 2.75) is 45.3 Å². The summed E-state index contributed by atoms with van der Waals surface area (Å²) in [5, 5.41) is 0. The summed E-state index contributed by atoms with van der Waals surface area (Å²) in [6.45, 7) is 6.09. The fourth-order valence-corrected chi connectivity index (χ4v) is 1.68. The lowest BCUT2D eigenvalue weighted by Crippen LogP contribution is -2.31. The molecule has 0 bridgehead atoms. The standard InChI is InChI=1S/C12H22N2O2/c1-9-10(6-8-16-9)11(14-13)5-7-12(2,3)15-4/h6,8,11,14H,5,7,13H2,1-4H3. The summed E-state index contributed by atoms with van der Waals surface area (Å²) >= 11 is 0. The first-order valence-electron chi connectivity index (χ1n) is 5.55. The molecular formula is C12H22N2O2. The average molecular weight is 226 g/mol. The Labute approximate surface area is 97.1 Å². The fraction of sp³-hybridized carbons (Fsp3) is 0.667. The van der Waals surface area contributed by atoms with Gasteiger partial charge in [-0.1, -0.05) is 0 Å². The molecule has 0 amide bonds. The first-order chi connectivity index (χ1) is 7.50. The van der Waals surface area contributed by atoms with E-state index in [4.69, 9.17) is 15.0 Å². The summed E-state index contributed by atoms with van der Waals surface area (Å²) in [4.78, 5) is 0. The van der Waals surface area contributed by atoms with Gasteiger partial charge in [-0.05, 0) is 39.7 Å². The number of nitrogens with one attached hydrogen (secondary N) is 1. The zero-order valence-electron chi connectivity index (χ0n) is 10.5. The number of rotatable bonds is 6. The van der Waals surface area contributed by atoms with Gasteiger partial charge in [0.15, 0.2) is 0 Å².